The first-order chi connectivity index (χ1) is 9.12. The maximum absolute atomic E-state index is 12.6. The van der Waals surface area contributed by atoms with Gasteiger partial charge in [-0.15, -0.1) is 0 Å². The minimum absolute atomic E-state index is 0.223. The van der Waals surface area contributed by atoms with E-state index in [2.05, 4.69) is 15.9 Å². The number of aromatic nitrogens is 1. The second-order valence-electron chi connectivity index (χ2n) is 3.79. The Morgan fingerprint density at radius 2 is 1.95 bits per heavy atom. The maximum Gasteiger partial charge on any atom is 0.416 e. The van der Waals surface area contributed by atoms with Gasteiger partial charge in [-0.3, -0.25) is 14.9 Å². The molecule has 1 aromatic carbocycles. The van der Waals surface area contributed by atoms with E-state index in [9.17, 15) is 33.2 Å². The predicted octanol–water partition coefficient (Wildman–Crippen LogP) is 2.92. The third-order valence-electron chi connectivity index (χ3n) is 2.52. The number of hydrogen-bond acceptors (Lipinski definition) is 4. The van der Waals surface area contributed by atoms with Crippen molar-refractivity contribution in [1.82, 2.24) is 4.98 Å². The zero-order chi connectivity index (χ0) is 15.2. The summed E-state index contributed by atoms with van der Waals surface area (Å²) in [6, 6.07) is 1.25. The monoisotopic (exact) mass is 352 g/mol. The third-order valence-corrected chi connectivity index (χ3v) is 3.15. The molecule has 0 spiro atoms. The molecule has 1 aromatic heterocycles. The van der Waals surface area contributed by atoms with E-state index in [1.165, 1.54) is 0 Å². The molecule has 1 heterocycles. The number of aromatic hydroxyl groups is 1. The molecule has 0 unspecified atom stereocenters. The van der Waals surface area contributed by atoms with E-state index < -0.39 is 33.7 Å². The van der Waals surface area contributed by atoms with Crippen molar-refractivity contribution in [3.63, 3.8) is 0 Å². The highest BCUT2D eigenvalue weighted by molar-refractivity contribution is 9.10. The van der Waals surface area contributed by atoms with Crippen LogP contribution in [0.5, 0.6) is 5.75 Å². The Balaban J connectivity index is 2.93. The van der Waals surface area contributed by atoms with Crippen LogP contribution in [0.15, 0.2) is 21.4 Å². The van der Waals surface area contributed by atoms with Gasteiger partial charge in [0.1, 0.15) is 0 Å². The first-order valence-corrected chi connectivity index (χ1v) is 5.72. The number of alkyl halides is 3. The predicted molar refractivity (Wildman–Crippen MR) is 65.6 cm³/mol. The molecule has 0 radical (unpaired) electrons. The van der Waals surface area contributed by atoms with Crippen molar-refractivity contribution in [3.05, 3.63) is 42.6 Å². The molecule has 0 aliphatic carbocycles. The Labute approximate surface area is 116 Å². The van der Waals surface area contributed by atoms with Crippen LogP contribution >= 0.6 is 15.9 Å². The lowest BCUT2D eigenvalue weighted by Crippen LogP contribution is -2.13. The van der Waals surface area contributed by atoms with Crippen molar-refractivity contribution in [2.24, 2.45) is 0 Å². The van der Waals surface area contributed by atoms with Crippen LogP contribution in [0.4, 0.5) is 18.9 Å². The van der Waals surface area contributed by atoms with Gasteiger partial charge in [0.15, 0.2) is 0 Å². The van der Waals surface area contributed by atoms with Crippen LogP contribution in [0.25, 0.3) is 10.9 Å². The molecule has 0 atom stereocenters. The Bertz CT molecular complexity index is 785. The van der Waals surface area contributed by atoms with E-state index in [1.807, 2.05) is 4.98 Å². The summed E-state index contributed by atoms with van der Waals surface area (Å²) in [7, 11) is 0. The quantitative estimate of drug-likeness (QED) is 0.609. The molecule has 10 heteroatoms. The highest BCUT2D eigenvalue weighted by Gasteiger charge is 2.33. The molecule has 0 fully saturated rings. The van der Waals surface area contributed by atoms with Crippen molar-refractivity contribution in [2.45, 2.75) is 6.18 Å². The van der Waals surface area contributed by atoms with Gasteiger partial charge in [-0.05, 0) is 28.1 Å². The summed E-state index contributed by atoms with van der Waals surface area (Å²) in [5.74, 6) is -0.991. The van der Waals surface area contributed by atoms with Crippen LogP contribution < -0.4 is 5.56 Å². The van der Waals surface area contributed by atoms with Crippen LogP contribution in [0.1, 0.15) is 5.56 Å². The lowest BCUT2D eigenvalue weighted by atomic mass is 10.1. The number of nitrogens with one attached hydrogen (secondary N) is 1. The second-order valence-corrected chi connectivity index (χ2v) is 4.64. The number of H-pyrrole nitrogens is 1. The largest absolute Gasteiger partial charge is 0.501 e. The molecule has 0 amide bonds. The van der Waals surface area contributed by atoms with Crippen LogP contribution in [-0.2, 0) is 6.18 Å². The molecular weight excluding hydrogens is 349 g/mol. The molecule has 6 nitrogen and oxygen atoms in total. The second kappa shape index (κ2) is 4.47. The van der Waals surface area contributed by atoms with Crippen LogP contribution in [0.3, 0.4) is 0 Å². The Morgan fingerprint density at radius 1 is 1.35 bits per heavy atom. The average Bonchev–Trinajstić information content (AvgIpc) is 2.25. The summed E-state index contributed by atoms with van der Waals surface area (Å²) in [6.07, 6.45) is -4.66. The smallest absolute Gasteiger partial charge is 0.416 e. The molecule has 0 aliphatic heterocycles. The third kappa shape index (κ3) is 2.22. The summed E-state index contributed by atoms with van der Waals surface area (Å²) >= 11 is 2.79. The molecule has 0 saturated heterocycles. The summed E-state index contributed by atoms with van der Waals surface area (Å²) < 4.78 is 37.6. The van der Waals surface area contributed by atoms with Gasteiger partial charge >= 0.3 is 17.4 Å². The molecule has 2 rings (SSSR count). The molecule has 0 bridgehead atoms. The lowest BCUT2D eigenvalue weighted by Gasteiger charge is -2.10. The van der Waals surface area contributed by atoms with E-state index in [4.69, 9.17) is 0 Å². The fourth-order valence-electron chi connectivity index (χ4n) is 1.69. The van der Waals surface area contributed by atoms with E-state index in [0.717, 1.165) is 0 Å². The van der Waals surface area contributed by atoms with Gasteiger partial charge in [0.05, 0.1) is 21.4 Å². The van der Waals surface area contributed by atoms with Gasteiger partial charge in [0.2, 0.25) is 5.75 Å². The first kappa shape index (κ1) is 14.3. The van der Waals surface area contributed by atoms with Crippen molar-refractivity contribution >= 4 is 32.5 Å². The molecule has 20 heavy (non-hydrogen) atoms. The van der Waals surface area contributed by atoms with Crippen LogP contribution in [0.2, 0.25) is 0 Å². The first-order valence-electron chi connectivity index (χ1n) is 4.93. The minimum Gasteiger partial charge on any atom is -0.501 e. The normalized spacial score (nSPS) is 11.8. The standard InChI is InChI=1S/C10H4BrF3N2O4/c11-4-1-3(10(12,13)14)2-5-6(4)8(17)7(16(19)20)9(18)15-5/h1-2H,(H2,15,17,18). The molecule has 0 saturated carbocycles. The molecule has 2 aromatic rings. The zero-order valence-electron chi connectivity index (χ0n) is 9.29. The van der Waals surface area contributed by atoms with Crippen LogP contribution in [-0.4, -0.2) is 15.0 Å². The number of fused-ring (bicyclic) bond motifs is 1. The Hall–Kier alpha value is -2.10. The van der Waals surface area contributed by atoms with E-state index >= 15 is 0 Å². The highest BCUT2D eigenvalue weighted by atomic mass is 79.9. The van der Waals surface area contributed by atoms with Gasteiger partial charge < -0.3 is 10.1 Å². The Kier molecular flexibility index (Phi) is 3.20. The van der Waals surface area contributed by atoms with E-state index in [0.29, 0.717) is 12.1 Å². The van der Waals surface area contributed by atoms with Gasteiger partial charge in [-0.25, -0.2) is 0 Å². The SMILES string of the molecule is O=c1[nH]c2cc(C(F)(F)F)cc(Br)c2c(O)c1[N+](=O)[O-]. The number of aromatic amines is 1. The average molecular weight is 353 g/mol. The highest BCUT2D eigenvalue weighted by Crippen LogP contribution is 2.39. The zero-order valence-corrected chi connectivity index (χ0v) is 10.9. The molecular formula is C10H4BrF3N2O4. The number of nitro groups is 1. The summed E-state index contributed by atoms with van der Waals surface area (Å²) in [4.78, 5) is 22.9. The van der Waals surface area contributed by atoms with E-state index in [-0.39, 0.29) is 15.4 Å². The molecule has 0 aliphatic rings. The Morgan fingerprint density at radius 3 is 2.45 bits per heavy atom. The number of hydrogen-bond donors (Lipinski definition) is 2. The van der Waals surface area contributed by atoms with Crippen molar-refractivity contribution in [3.8, 4) is 5.75 Å². The van der Waals surface area contributed by atoms with Gasteiger partial charge in [-0.1, -0.05) is 0 Å². The summed E-state index contributed by atoms with van der Waals surface area (Å²) in [6.45, 7) is 0. The summed E-state index contributed by atoms with van der Waals surface area (Å²) in [5.41, 5.74) is -3.84. The van der Waals surface area contributed by atoms with E-state index in [1.54, 1.807) is 0 Å². The van der Waals surface area contributed by atoms with Crippen molar-refractivity contribution < 1.29 is 23.2 Å². The maximum atomic E-state index is 12.6. The van der Waals surface area contributed by atoms with Crippen LogP contribution in [0, 0.1) is 10.1 Å². The number of halogens is 4. The number of nitrogens with zero attached hydrogens (tertiary/aromatic N) is 1. The number of rotatable bonds is 1. The van der Waals surface area contributed by atoms with Gasteiger partial charge in [-0.2, -0.15) is 13.2 Å². The number of pyridine rings is 1. The van der Waals surface area contributed by atoms with Crippen molar-refractivity contribution in [2.75, 3.05) is 0 Å². The fraction of sp³-hybridized carbons (Fsp3) is 0.100. The summed E-state index contributed by atoms with van der Waals surface area (Å²) in [5, 5.41) is 20.1. The van der Waals surface area contributed by atoms with Crippen molar-refractivity contribution in [1.29, 1.82) is 0 Å². The minimum atomic E-state index is -4.66. The van der Waals surface area contributed by atoms with Gasteiger partial charge in [0, 0.05) is 4.47 Å². The molecule has 106 valence electrons. The number of benzene rings is 1. The fourth-order valence-corrected chi connectivity index (χ4v) is 2.33. The molecule has 2 N–H and O–H groups in total. The lowest BCUT2D eigenvalue weighted by molar-refractivity contribution is -0.387. The van der Waals surface area contributed by atoms with Gasteiger partial charge in [0.25, 0.3) is 0 Å². The topological polar surface area (TPSA) is 96.2 Å².